The van der Waals surface area contributed by atoms with E-state index >= 15 is 0 Å². The van der Waals surface area contributed by atoms with Crippen LogP contribution in [0.4, 0.5) is 4.39 Å². The topological polar surface area (TPSA) is 22.4 Å². The lowest BCUT2D eigenvalue weighted by molar-refractivity contribution is 0.418. The van der Waals surface area contributed by atoms with Crippen LogP contribution in [0.2, 0.25) is 5.22 Å². The van der Waals surface area contributed by atoms with Crippen molar-refractivity contribution >= 4 is 22.6 Å². The molecular weight excluding hydrogens is 195 g/mol. The lowest BCUT2D eigenvalue weighted by Gasteiger charge is -1.99. The van der Waals surface area contributed by atoms with Crippen molar-refractivity contribution in [1.82, 2.24) is 0 Å². The molecule has 0 bridgehead atoms. The second kappa shape index (κ2) is 2.92. The third-order valence-electron chi connectivity index (χ3n) is 1.79. The molecule has 0 aliphatic heterocycles. The van der Waals surface area contributed by atoms with Gasteiger partial charge in [0.1, 0.15) is 5.75 Å². The zero-order valence-corrected chi connectivity index (χ0v) is 7.56. The van der Waals surface area contributed by atoms with E-state index in [9.17, 15) is 4.39 Å². The fourth-order valence-corrected chi connectivity index (χ4v) is 1.40. The van der Waals surface area contributed by atoms with Crippen molar-refractivity contribution in [3.63, 3.8) is 0 Å². The quantitative estimate of drug-likeness (QED) is 0.705. The van der Waals surface area contributed by atoms with Gasteiger partial charge in [-0.2, -0.15) is 0 Å². The summed E-state index contributed by atoms with van der Waals surface area (Å²) in [5, 5.41) is 0.700. The Kier molecular flexibility index (Phi) is 1.88. The first-order valence-corrected chi connectivity index (χ1v) is 4.01. The van der Waals surface area contributed by atoms with Crippen LogP contribution in [-0.4, -0.2) is 7.11 Å². The molecule has 0 fully saturated rings. The lowest BCUT2D eigenvalue weighted by atomic mass is 10.2. The van der Waals surface area contributed by atoms with Gasteiger partial charge >= 0.3 is 0 Å². The van der Waals surface area contributed by atoms with E-state index in [4.69, 9.17) is 20.8 Å². The molecule has 68 valence electrons. The molecule has 0 N–H and O–H groups in total. The zero-order chi connectivity index (χ0) is 9.42. The molecule has 1 heterocycles. The summed E-state index contributed by atoms with van der Waals surface area (Å²) in [6.07, 6.45) is 0. The van der Waals surface area contributed by atoms with Crippen LogP contribution in [0.3, 0.4) is 0 Å². The number of hydrogen-bond donors (Lipinski definition) is 0. The van der Waals surface area contributed by atoms with Crippen LogP contribution in [-0.2, 0) is 0 Å². The Bertz CT molecular complexity index is 450. The predicted octanol–water partition coefficient (Wildman–Crippen LogP) is 3.23. The Morgan fingerprint density at radius 1 is 1.46 bits per heavy atom. The summed E-state index contributed by atoms with van der Waals surface area (Å²) in [6.45, 7) is 0. The van der Waals surface area contributed by atoms with E-state index in [1.807, 2.05) is 0 Å². The van der Waals surface area contributed by atoms with Gasteiger partial charge in [-0.15, -0.1) is 0 Å². The first kappa shape index (κ1) is 8.38. The maximum atomic E-state index is 13.1. The fraction of sp³-hybridized carbons (Fsp3) is 0.111. The van der Waals surface area contributed by atoms with Crippen molar-refractivity contribution in [2.75, 3.05) is 7.11 Å². The number of methoxy groups -OCH3 is 1. The molecule has 0 spiro atoms. The maximum Gasteiger partial charge on any atom is 0.194 e. The summed E-state index contributed by atoms with van der Waals surface area (Å²) in [7, 11) is 1.51. The van der Waals surface area contributed by atoms with Gasteiger partial charge in [0.25, 0.3) is 0 Å². The summed E-state index contributed by atoms with van der Waals surface area (Å²) in [4.78, 5) is 0. The average Bonchev–Trinajstić information content (AvgIpc) is 2.48. The first-order chi connectivity index (χ1) is 6.22. The highest BCUT2D eigenvalue weighted by Gasteiger charge is 2.11. The fourth-order valence-electron chi connectivity index (χ4n) is 1.21. The molecule has 0 saturated heterocycles. The molecule has 0 unspecified atom stereocenters. The maximum absolute atomic E-state index is 13.1. The van der Waals surface area contributed by atoms with Crippen molar-refractivity contribution in [3.8, 4) is 5.75 Å². The molecule has 1 aromatic carbocycles. The Labute approximate surface area is 78.9 Å². The molecular formula is C9H6ClFO2. The molecule has 2 rings (SSSR count). The minimum atomic E-state index is -0.442. The normalized spacial score (nSPS) is 10.7. The van der Waals surface area contributed by atoms with E-state index in [-0.39, 0.29) is 10.8 Å². The number of fused-ring (bicyclic) bond motifs is 1. The highest BCUT2D eigenvalue weighted by atomic mass is 35.5. The lowest BCUT2D eigenvalue weighted by Crippen LogP contribution is -1.84. The Morgan fingerprint density at radius 3 is 2.92 bits per heavy atom. The minimum Gasteiger partial charge on any atom is -0.496 e. The number of rotatable bonds is 1. The van der Waals surface area contributed by atoms with Crippen LogP contribution in [0.15, 0.2) is 22.6 Å². The molecule has 0 radical (unpaired) electrons. The summed E-state index contributed by atoms with van der Waals surface area (Å²) in [5.41, 5.74) is 0.129. The van der Waals surface area contributed by atoms with Gasteiger partial charge in [0.15, 0.2) is 16.6 Å². The van der Waals surface area contributed by atoms with Crippen molar-refractivity contribution in [2.24, 2.45) is 0 Å². The van der Waals surface area contributed by atoms with Gasteiger partial charge < -0.3 is 9.15 Å². The number of hydrogen-bond acceptors (Lipinski definition) is 2. The van der Waals surface area contributed by atoms with E-state index in [1.54, 1.807) is 0 Å². The monoisotopic (exact) mass is 200 g/mol. The average molecular weight is 201 g/mol. The molecule has 0 aliphatic carbocycles. The predicted molar refractivity (Wildman–Crippen MR) is 47.7 cm³/mol. The minimum absolute atomic E-state index is 0.129. The third kappa shape index (κ3) is 1.25. The Hall–Kier alpha value is -1.22. The number of benzene rings is 1. The van der Waals surface area contributed by atoms with Gasteiger partial charge in [-0.3, -0.25) is 0 Å². The molecule has 0 aliphatic rings. The number of furan rings is 1. The van der Waals surface area contributed by atoms with E-state index in [0.717, 1.165) is 0 Å². The van der Waals surface area contributed by atoms with Crippen LogP contribution in [0.25, 0.3) is 11.0 Å². The Morgan fingerprint density at radius 2 is 2.23 bits per heavy atom. The summed E-state index contributed by atoms with van der Waals surface area (Å²) in [6, 6.07) is 4.34. The molecule has 2 aromatic rings. The van der Waals surface area contributed by atoms with Gasteiger partial charge in [-0.05, 0) is 23.7 Å². The summed E-state index contributed by atoms with van der Waals surface area (Å²) >= 11 is 5.60. The van der Waals surface area contributed by atoms with Gasteiger partial charge in [0, 0.05) is 6.07 Å². The molecule has 1 aromatic heterocycles. The van der Waals surface area contributed by atoms with Crippen LogP contribution in [0.1, 0.15) is 0 Å². The van der Waals surface area contributed by atoms with Crippen LogP contribution >= 0.6 is 11.6 Å². The first-order valence-electron chi connectivity index (χ1n) is 3.64. The second-order valence-electron chi connectivity index (χ2n) is 2.54. The van der Waals surface area contributed by atoms with Gasteiger partial charge in [-0.1, -0.05) is 0 Å². The largest absolute Gasteiger partial charge is 0.496 e. The molecule has 0 saturated carbocycles. The van der Waals surface area contributed by atoms with E-state index in [1.165, 1.54) is 25.3 Å². The van der Waals surface area contributed by atoms with E-state index in [2.05, 4.69) is 0 Å². The zero-order valence-electron chi connectivity index (χ0n) is 6.80. The molecule has 0 atom stereocenters. The van der Waals surface area contributed by atoms with E-state index in [0.29, 0.717) is 11.1 Å². The third-order valence-corrected chi connectivity index (χ3v) is 1.97. The van der Waals surface area contributed by atoms with Gasteiger partial charge in [-0.25, -0.2) is 4.39 Å². The van der Waals surface area contributed by atoms with Crippen molar-refractivity contribution in [1.29, 1.82) is 0 Å². The van der Waals surface area contributed by atoms with Crippen molar-refractivity contribution in [2.45, 2.75) is 0 Å². The standard InChI is InChI=1S/C9H6ClFO2/c1-12-7-3-2-6(11)9-5(7)4-8(10)13-9/h2-4H,1H3. The van der Waals surface area contributed by atoms with Gasteiger partial charge in [0.05, 0.1) is 12.5 Å². The van der Waals surface area contributed by atoms with Crippen molar-refractivity contribution < 1.29 is 13.5 Å². The van der Waals surface area contributed by atoms with Crippen molar-refractivity contribution in [3.05, 3.63) is 29.2 Å². The molecule has 4 heteroatoms. The summed E-state index contributed by atoms with van der Waals surface area (Å²) in [5.74, 6) is 0.106. The number of ether oxygens (including phenoxy) is 1. The van der Waals surface area contributed by atoms with E-state index < -0.39 is 5.82 Å². The second-order valence-corrected chi connectivity index (χ2v) is 2.92. The number of halogens is 2. The van der Waals surface area contributed by atoms with Crippen LogP contribution in [0.5, 0.6) is 5.75 Å². The highest BCUT2D eigenvalue weighted by molar-refractivity contribution is 6.29. The molecule has 0 amide bonds. The highest BCUT2D eigenvalue weighted by Crippen LogP contribution is 2.32. The van der Waals surface area contributed by atoms with Crippen LogP contribution in [0, 0.1) is 5.82 Å². The molecule has 2 nitrogen and oxygen atoms in total. The Balaban J connectivity index is 2.83. The SMILES string of the molecule is COc1ccc(F)c2oc(Cl)cc12. The summed E-state index contributed by atoms with van der Waals surface area (Å²) < 4.78 is 23.1. The molecule has 13 heavy (non-hydrogen) atoms. The van der Waals surface area contributed by atoms with Crippen LogP contribution < -0.4 is 4.74 Å². The smallest absolute Gasteiger partial charge is 0.194 e. The van der Waals surface area contributed by atoms with Gasteiger partial charge in [0.2, 0.25) is 0 Å².